The van der Waals surface area contributed by atoms with Crippen molar-refractivity contribution >= 4 is 29.3 Å². The highest BCUT2D eigenvalue weighted by Crippen LogP contribution is 2.30. The maximum absolute atomic E-state index is 12.5. The predicted octanol–water partition coefficient (Wildman–Crippen LogP) is 4.97. The number of aromatic nitrogens is 1. The van der Waals surface area contributed by atoms with Gasteiger partial charge in [-0.2, -0.15) is 0 Å². The van der Waals surface area contributed by atoms with Crippen molar-refractivity contribution in [3.8, 4) is 11.5 Å². The second-order valence-corrected chi connectivity index (χ2v) is 8.47. The molecule has 2 amide bonds. The Labute approximate surface area is 204 Å². The Morgan fingerprint density at radius 3 is 2.66 bits per heavy atom. The Morgan fingerprint density at radius 1 is 1.17 bits per heavy atom. The van der Waals surface area contributed by atoms with Crippen LogP contribution < -0.4 is 19.7 Å². The molecule has 8 nitrogen and oxygen atoms in total. The van der Waals surface area contributed by atoms with Gasteiger partial charge in [0.2, 0.25) is 11.8 Å². The lowest BCUT2D eigenvalue weighted by Gasteiger charge is -2.19. The van der Waals surface area contributed by atoms with Crippen LogP contribution in [0.2, 0.25) is 0 Å². The summed E-state index contributed by atoms with van der Waals surface area (Å²) < 4.78 is 16.5. The fourth-order valence-electron chi connectivity index (χ4n) is 4.06. The van der Waals surface area contributed by atoms with E-state index in [1.807, 2.05) is 45.0 Å². The fourth-order valence-corrected chi connectivity index (χ4v) is 4.06. The third-order valence-electron chi connectivity index (χ3n) is 6.00. The first-order valence-electron chi connectivity index (χ1n) is 11.5. The molecular weight excluding hydrogens is 446 g/mol. The largest absolute Gasteiger partial charge is 0.493 e. The summed E-state index contributed by atoms with van der Waals surface area (Å²) in [6, 6.07) is 11.0. The van der Waals surface area contributed by atoms with Gasteiger partial charge in [0.1, 0.15) is 12.4 Å². The van der Waals surface area contributed by atoms with Gasteiger partial charge in [0, 0.05) is 30.4 Å². The van der Waals surface area contributed by atoms with E-state index in [9.17, 15) is 9.59 Å². The SMILES string of the molecule is COc1cc(/C=C/C(=O)Nc2ccc(N3CCCC3=O)c(C)c2)ccc1OCc1c(C)noc1C. The quantitative estimate of drug-likeness (QED) is 0.463. The number of rotatable bonds is 8. The van der Waals surface area contributed by atoms with E-state index >= 15 is 0 Å². The van der Waals surface area contributed by atoms with Crippen LogP contribution in [0.4, 0.5) is 11.4 Å². The first-order valence-corrected chi connectivity index (χ1v) is 11.5. The Bertz CT molecular complexity index is 1260. The van der Waals surface area contributed by atoms with E-state index in [1.54, 1.807) is 30.2 Å². The van der Waals surface area contributed by atoms with Crippen LogP contribution in [0, 0.1) is 20.8 Å². The Kier molecular flexibility index (Phi) is 7.19. The average molecular weight is 476 g/mol. The molecule has 3 aromatic rings. The number of hydrogen-bond acceptors (Lipinski definition) is 6. The number of methoxy groups -OCH3 is 1. The number of amides is 2. The molecule has 1 fully saturated rings. The molecule has 2 heterocycles. The highest BCUT2D eigenvalue weighted by Gasteiger charge is 2.23. The molecule has 0 saturated carbocycles. The lowest BCUT2D eigenvalue weighted by Crippen LogP contribution is -2.24. The molecule has 0 radical (unpaired) electrons. The van der Waals surface area contributed by atoms with Crippen molar-refractivity contribution in [2.75, 3.05) is 23.9 Å². The molecule has 1 aliphatic rings. The van der Waals surface area contributed by atoms with Gasteiger partial charge in [-0.15, -0.1) is 0 Å². The lowest BCUT2D eigenvalue weighted by atomic mass is 10.1. The van der Waals surface area contributed by atoms with Crippen LogP contribution in [-0.2, 0) is 16.2 Å². The molecule has 0 bridgehead atoms. The summed E-state index contributed by atoms with van der Waals surface area (Å²) in [6.07, 6.45) is 4.63. The normalized spacial score (nSPS) is 13.5. The highest BCUT2D eigenvalue weighted by atomic mass is 16.5. The number of aryl methyl sites for hydroxylation is 3. The molecule has 0 aliphatic carbocycles. The molecule has 0 atom stereocenters. The summed E-state index contributed by atoms with van der Waals surface area (Å²) >= 11 is 0. The first kappa shape index (κ1) is 24.1. The van der Waals surface area contributed by atoms with Crippen LogP contribution in [0.15, 0.2) is 47.0 Å². The third kappa shape index (κ3) is 5.54. The van der Waals surface area contributed by atoms with Gasteiger partial charge in [0.15, 0.2) is 11.5 Å². The molecule has 2 aromatic carbocycles. The number of anilines is 2. The monoisotopic (exact) mass is 475 g/mol. The second kappa shape index (κ2) is 10.5. The molecule has 1 saturated heterocycles. The Hall–Kier alpha value is -4.07. The molecule has 1 aliphatic heterocycles. The summed E-state index contributed by atoms with van der Waals surface area (Å²) in [6.45, 7) is 6.71. The first-order chi connectivity index (χ1) is 16.9. The zero-order chi connectivity index (χ0) is 24.9. The van der Waals surface area contributed by atoms with Crippen molar-refractivity contribution in [1.82, 2.24) is 5.16 Å². The summed E-state index contributed by atoms with van der Waals surface area (Å²) in [5, 5.41) is 6.81. The van der Waals surface area contributed by atoms with Gasteiger partial charge in [-0.3, -0.25) is 9.59 Å². The molecule has 1 N–H and O–H groups in total. The van der Waals surface area contributed by atoms with Gasteiger partial charge in [-0.1, -0.05) is 11.2 Å². The van der Waals surface area contributed by atoms with E-state index in [0.29, 0.717) is 30.2 Å². The van der Waals surface area contributed by atoms with Crippen molar-refractivity contribution in [2.45, 2.75) is 40.2 Å². The van der Waals surface area contributed by atoms with Crippen molar-refractivity contribution in [2.24, 2.45) is 0 Å². The highest BCUT2D eigenvalue weighted by molar-refractivity contribution is 6.02. The number of nitrogens with one attached hydrogen (secondary N) is 1. The molecular formula is C27H29N3O5. The van der Waals surface area contributed by atoms with Gasteiger partial charge >= 0.3 is 0 Å². The smallest absolute Gasteiger partial charge is 0.248 e. The maximum atomic E-state index is 12.5. The van der Waals surface area contributed by atoms with Gasteiger partial charge in [-0.25, -0.2) is 0 Å². The summed E-state index contributed by atoms with van der Waals surface area (Å²) in [5.74, 6) is 1.75. The van der Waals surface area contributed by atoms with Crippen LogP contribution in [0.1, 0.15) is 41.0 Å². The Morgan fingerprint density at radius 2 is 2.00 bits per heavy atom. The number of nitrogens with zero attached hydrogens (tertiary/aromatic N) is 2. The summed E-state index contributed by atoms with van der Waals surface area (Å²) in [5.41, 5.74) is 5.00. The van der Waals surface area contributed by atoms with Crippen LogP contribution in [0.5, 0.6) is 11.5 Å². The molecule has 0 unspecified atom stereocenters. The topological polar surface area (TPSA) is 93.9 Å². The van der Waals surface area contributed by atoms with Crippen LogP contribution in [0.3, 0.4) is 0 Å². The van der Waals surface area contributed by atoms with Crippen molar-refractivity contribution in [3.05, 3.63) is 70.6 Å². The lowest BCUT2D eigenvalue weighted by molar-refractivity contribution is -0.117. The van der Waals surface area contributed by atoms with E-state index < -0.39 is 0 Å². The fraction of sp³-hybridized carbons (Fsp3) is 0.296. The minimum Gasteiger partial charge on any atom is -0.493 e. The molecule has 0 spiro atoms. The van der Waals surface area contributed by atoms with Crippen LogP contribution in [-0.4, -0.2) is 30.6 Å². The van der Waals surface area contributed by atoms with Crippen molar-refractivity contribution in [3.63, 3.8) is 0 Å². The van der Waals surface area contributed by atoms with Gasteiger partial charge in [-0.05, 0) is 74.7 Å². The molecule has 1 aromatic heterocycles. The number of hydrogen-bond donors (Lipinski definition) is 1. The van der Waals surface area contributed by atoms with E-state index in [-0.39, 0.29) is 11.8 Å². The number of ether oxygens (including phenoxy) is 2. The minimum atomic E-state index is -0.257. The average Bonchev–Trinajstić information content (AvgIpc) is 3.41. The molecule has 4 rings (SSSR count). The number of carbonyl (C=O) groups is 2. The standard InChI is InChI=1S/C27H29N3O5/c1-17-14-21(9-10-23(17)30-13-5-6-27(30)32)28-26(31)12-8-20-7-11-24(25(15-20)33-4)34-16-22-18(2)29-35-19(22)3/h7-12,14-15H,5-6,13,16H2,1-4H3,(H,28,31)/b12-8+. The number of benzene rings is 2. The van der Waals surface area contributed by atoms with E-state index in [4.69, 9.17) is 14.0 Å². The van der Waals surface area contributed by atoms with Crippen LogP contribution >= 0.6 is 0 Å². The maximum Gasteiger partial charge on any atom is 0.248 e. The second-order valence-electron chi connectivity index (χ2n) is 8.47. The van der Waals surface area contributed by atoms with Gasteiger partial charge < -0.3 is 24.2 Å². The zero-order valence-corrected chi connectivity index (χ0v) is 20.4. The van der Waals surface area contributed by atoms with Crippen molar-refractivity contribution < 1.29 is 23.6 Å². The molecule has 35 heavy (non-hydrogen) atoms. The van der Waals surface area contributed by atoms with E-state index in [1.165, 1.54) is 6.08 Å². The summed E-state index contributed by atoms with van der Waals surface area (Å²) in [4.78, 5) is 26.3. The zero-order valence-electron chi connectivity index (χ0n) is 20.4. The van der Waals surface area contributed by atoms with E-state index in [2.05, 4.69) is 10.5 Å². The number of carbonyl (C=O) groups excluding carboxylic acids is 2. The minimum absolute atomic E-state index is 0.142. The molecule has 182 valence electrons. The molecule has 8 heteroatoms. The Balaban J connectivity index is 1.38. The predicted molar refractivity (Wildman–Crippen MR) is 134 cm³/mol. The van der Waals surface area contributed by atoms with Gasteiger partial charge in [0.05, 0.1) is 18.4 Å². The van der Waals surface area contributed by atoms with Crippen molar-refractivity contribution in [1.29, 1.82) is 0 Å². The van der Waals surface area contributed by atoms with E-state index in [0.717, 1.165) is 46.8 Å². The van der Waals surface area contributed by atoms with Gasteiger partial charge in [0.25, 0.3) is 0 Å². The third-order valence-corrected chi connectivity index (χ3v) is 6.00. The van der Waals surface area contributed by atoms with Crippen LogP contribution in [0.25, 0.3) is 6.08 Å². The summed E-state index contributed by atoms with van der Waals surface area (Å²) in [7, 11) is 1.57.